The van der Waals surface area contributed by atoms with Gasteiger partial charge in [0.05, 0.1) is 29.4 Å². The molecule has 1 amide bonds. The quantitative estimate of drug-likeness (QED) is 0.503. The van der Waals surface area contributed by atoms with E-state index in [1.807, 2.05) is 61.0 Å². The van der Waals surface area contributed by atoms with Crippen molar-refractivity contribution in [1.29, 1.82) is 0 Å². The molecule has 31 heavy (non-hydrogen) atoms. The molecule has 158 valence electrons. The molecule has 2 aromatic carbocycles. The number of hydrogen-bond acceptors (Lipinski definition) is 4. The van der Waals surface area contributed by atoms with E-state index in [1.165, 1.54) is 5.56 Å². The van der Waals surface area contributed by atoms with Crippen molar-refractivity contribution in [3.05, 3.63) is 82.7 Å². The normalized spacial score (nSPS) is 11.0. The van der Waals surface area contributed by atoms with E-state index >= 15 is 0 Å². The molecule has 2 aromatic heterocycles. The van der Waals surface area contributed by atoms with E-state index in [4.69, 9.17) is 14.8 Å². The molecular weight excluding hydrogens is 388 g/mol. The van der Waals surface area contributed by atoms with Gasteiger partial charge in [0.15, 0.2) is 5.65 Å². The summed E-state index contributed by atoms with van der Waals surface area (Å²) < 4.78 is 7.20. The maximum atomic E-state index is 13.1. The summed E-state index contributed by atoms with van der Waals surface area (Å²) in [6.45, 7) is 6.30. The van der Waals surface area contributed by atoms with Gasteiger partial charge in [0.1, 0.15) is 5.75 Å². The van der Waals surface area contributed by atoms with Crippen molar-refractivity contribution in [3.8, 4) is 11.4 Å². The molecule has 0 bridgehead atoms. The molecule has 4 rings (SSSR count). The van der Waals surface area contributed by atoms with Crippen LogP contribution in [0.2, 0.25) is 0 Å². The Morgan fingerprint density at radius 2 is 1.84 bits per heavy atom. The van der Waals surface area contributed by atoms with Crippen LogP contribution in [0.4, 0.5) is 0 Å². The molecule has 1 N–H and O–H groups in total. The van der Waals surface area contributed by atoms with Gasteiger partial charge >= 0.3 is 0 Å². The van der Waals surface area contributed by atoms with Crippen LogP contribution in [0.15, 0.2) is 54.6 Å². The number of carbonyl (C=O) groups excluding carboxylic acids is 1. The van der Waals surface area contributed by atoms with Crippen molar-refractivity contribution in [1.82, 2.24) is 20.1 Å². The minimum absolute atomic E-state index is 0.162. The summed E-state index contributed by atoms with van der Waals surface area (Å²) >= 11 is 0. The SMILES string of the molecule is CCc1ccc(-n2nc(C)c3c(C(=O)NCc4ccccc4OC)cc(C)nc32)cc1. The van der Waals surface area contributed by atoms with E-state index in [0.717, 1.165) is 40.2 Å². The summed E-state index contributed by atoms with van der Waals surface area (Å²) in [6, 6.07) is 17.7. The molecule has 0 spiro atoms. The lowest BCUT2D eigenvalue weighted by Crippen LogP contribution is -2.23. The molecular formula is C25H26N4O2. The third-order valence-corrected chi connectivity index (χ3v) is 5.41. The van der Waals surface area contributed by atoms with Crippen LogP contribution < -0.4 is 10.1 Å². The van der Waals surface area contributed by atoms with Crippen LogP contribution in [0.5, 0.6) is 5.75 Å². The monoisotopic (exact) mass is 414 g/mol. The summed E-state index contributed by atoms with van der Waals surface area (Å²) in [5.41, 5.74) is 5.90. The number of carbonyl (C=O) groups is 1. The Morgan fingerprint density at radius 1 is 1.10 bits per heavy atom. The minimum Gasteiger partial charge on any atom is -0.496 e. The molecule has 0 aliphatic heterocycles. The molecule has 0 aliphatic carbocycles. The van der Waals surface area contributed by atoms with E-state index in [-0.39, 0.29) is 5.91 Å². The number of ether oxygens (including phenoxy) is 1. The highest BCUT2D eigenvalue weighted by Crippen LogP contribution is 2.25. The fourth-order valence-electron chi connectivity index (χ4n) is 3.77. The average molecular weight is 415 g/mol. The first kappa shape index (κ1) is 20.6. The number of aryl methyl sites for hydroxylation is 3. The number of methoxy groups -OCH3 is 1. The number of amides is 1. The van der Waals surface area contributed by atoms with E-state index in [0.29, 0.717) is 17.8 Å². The number of aromatic nitrogens is 3. The first-order valence-corrected chi connectivity index (χ1v) is 10.4. The van der Waals surface area contributed by atoms with Gasteiger partial charge in [-0.3, -0.25) is 4.79 Å². The number of benzene rings is 2. The Labute approximate surface area is 181 Å². The molecule has 0 unspecified atom stereocenters. The maximum Gasteiger partial charge on any atom is 0.252 e. The molecule has 0 atom stereocenters. The second-order valence-electron chi connectivity index (χ2n) is 7.52. The van der Waals surface area contributed by atoms with Gasteiger partial charge in [-0.25, -0.2) is 9.67 Å². The number of rotatable bonds is 6. The van der Waals surface area contributed by atoms with Gasteiger partial charge in [0.25, 0.3) is 5.91 Å². The predicted octanol–water partition coefficient (Wildman–Crippen LogP) is 4.54. The maximum absolute atomic E-state index is 13.1. The summed E-state index contributed by atoms with van der Waals surface area (Å²) in [5, 5.41) is 8.48. The number of pyridine rings is 1. The average Bonchev–Trinajstić information content (AvgIpc) is 3.13. The molecule has 4 aromatic rings. The minimum atomic E-state index is -0.162. The molecule has 6 heteroatoms. The molecule has 2 heterocycles. The van der Waals surface area contributed by atoms with E-state index in [9.17, 15) is 4.79 Å². The van der Waals surface area contributed by atoms with E-state index < -0.39 is 0 Å². The fraction of sp³-hybridized carbons (Fsp3) is 0.240. The van der Waals surface area contributed by atoms with Gasteiger partial charge in [-0.05, 0) is 50.1 Å². The highest BCUT2D eigenvalue weighted by Gasteiger charge is 2.19. The molecule has 6 nitrogen and oxygen atoms in total. The third-order valence-electron chi connectivity index (χ3n) is 5.41. The van der Waals surface area contributed by atoms with Crippen LogP contribution in [-0.2, 0) is 13.0 Å². The second-order valence-corrected chi connectivity index (χ2v) is 7.52. The zero-order valence-electron chi connectivity index (χ0n) is 18.3. The third kappa shape index (κ3) is 4.01. The zero-order valence-corrected chi connectivity index (χ0v) is 18.3. The lowest BCUT2D eigenvalue weighted by molar-refractivity contribution is 0.0952. The van der Waals surface area contributed by atoms with Crippen LogP contribution in [0.1, 0.15) is 39.8 Å². The first-order valence-electron chi connectivity index (χ1n) is 10.4. The van der Waals surface area contributed by atoms with Gasteiger partial charge in [0, 0.05) is 17.8 Å². The lowest BCUT2D eigenvalue weighted by Gasteiger charge is -2.11. The molecule has 0 saturated carbocycles. The first-order chi connectivity index (χ1) is 15.0. The van der Waals surface area contributed by atoms with Gasteiger partial charge in [0.2, 0.25) is 0 Å². The molecule has 0 fully saturated rings. The number of nitrogens with one attached hydrogen (secondary N) is 1. The van der Waals surface area contributed by atoms with Crippen molar-refractivity contribution in [2.24, 2.45) is 0 Å². The standard InChI is InChI=1S/C25H26N4O2/c1-5-18-10-12-20(13-11-18)29-24-23(17(3)28-29)21(14-16(2)27-24)25(30)26-15-19-8-6-7-9-22(19)31-4/h6-14H,5,15H2,1-4H3,(H,26,30). The van der Waals surface area contributed by atoms with Crippen LogP contribution >= 0.6 is 0 Å². The number of nitrogens with zero attached hydrogens (tertiary/aromatic N) is 3. The summed E-state index contributed by atoms with van der Waals surface area (Å²) in [6.07, 6.45) is 0.979. The summed E-state index contributed by atoms with van der Waals surface area (Å²) in [7, 11) is 1.63. The second kappa shape index (κ2) is 8.60. The predicted molar refractivity (Wildman–Crippen MR) is 122 cm³/mol. The van der Waals surface area contributed by atoms with Crippen LogP contribution in [-0.4, -0.2) is 27.8 Å². The molecule has 0 saturated heterocycles. The Balaban J connectivity index is 1.71. The Hall–Kier alpha value is -3.67. The van der Waals surface area contributed by atoms with Crippen LogP contribution in [0.3, 0.4) is 0 Å². The highest BCUT2D eigenvalue weighted by atomic mass is 16.5. The Kier molecular flexibility index (Phi) is 5.71. The van der Waals surface area contributed by atoms with Crippen LogP contribution in [0, 0.1) is 13.8 Å². The molecule has 0 radical (unpaired) electrons. The number of fused-ring (bicyclic) bond motifs is 1. The highest BCUT2D eigenvalue weighted by molar-refractivity contribution is 6.06. The number of para-hydroxylation sites is 1. The van der Waals surface area contributed by atoms with E-state index in [1.54, 1.807) is 7.11 Å². The van der Waals surface area contributed by atoms with E-state index in [2.05, 4.69) is 24.4 Å². The van der Waals surface area contributed by atoms with Gasteiger partial charge in [-0.15, -0.1) is 0 Å². The zero-order chi connectivity index (χ0) is 22.0. The van der Waals surface area contributed by atoms with Gasteiger partial charge in [-0.1, -0.05) is 37.3 Å². The smallest absolute Gasteiger partial charge is 0.252 e. The van der Waals surface area contributed by atoms with Crippen molar-refractivity contribution in [2.75, 3.05) is 7.11 Å². The van der Waals surface area contributed by atoms with Gasteiger partial charge in [-0.2, -0.15) is 5.10 Å². The summed E-state index contributed by atoms with van der Waals surface area (Å²) in [4.78, 5) is 17.9. The van der Waals surface area contributed by atoms with Crippen molar-refractivity contribution < 1.29 is 9.53 Å². The van der Waals surface area contributed by atoms with Crippen molar-refractivity contribution in [2.45, 2.75) is 33.7 Å². The van der Waals surface area contributed by atoms with Crippen molar-refractivity contribution >= 4 is 16.9 Å². The molecule has 0 aliphatic rings. The number of hydrogen-bond donors (Lipinski definition) is 1. The van der Waals surface area contributed by atoms with Gasteiger partial charge < -0.3 is 10.1 Å². The summed E-state index contributed by atoms with van der Waals surface area (Å²) in [5.74, 6) is 0.587. The Morgan fingerprint density at radius 3 is 2.55 bits per heavy atom. The van der Waals surface area contributed by atoms with Crippen LogP contribution in [0.25, 0.3) is 16.7 Å². The Bertz CT molecular complexity index is 1240. The largest absolute Gasteiger partial charge is 0.496 e. The fourth-order valence-corrected chi connectivity index (χ4v) is 3.77. The lowest BCUT2D eigenvalue weighted by atomic mass is 10.1. The topological polar surface area (TPSA) is 69.0 Å². The van der Waals surface area contributed by atoms with Crippen molar-refractivity contribution in [3.63, 3.8) is 0 Å².